The van der Waals surface area contributed by atoms with Crippen LogP contribution < -0.4 is 0 Å². The van der Waals surface area contributed by atoms with Gasteiger partial charge in [0.25, 0.3) is 0 Å². The highest BCUT2D eigenvalue weighted by Gasteiger charge is 2.86. The largest absolute Gasteiger partial charge is 0.467 e. The molecule has 0 radical (unpaired) electrons. The van der Waals surface area contributed by atoms with E-state index in [2.05, 4.69) is 0 Å². The van der Waals surface area contributed by atoms with Crippen molar-refractivity contribution >= 4 is 29.5 Å². The Morgan fingerprint density at radius 2 is 1.61 bits per heavy atom. The van der Waals surface area contributed by atoms with Gasteiger partial charge in [-0.2, -0.15) is 0 Å². The molecule has 182 valence electrons. The molecule has 0 aromatic rings. The second kappa shape index (κ2) is 6.43. The van der Waals surface area contributed by atoms with Crippen molar-refractivity contribution in [3.8, 4) is 0 Å². The summed E-state index contributed by atoms with van der Waals surface area (Å²) in [5.74, 6) is -5.03. The predicted molar refractivity (Wildman–Crippen MR) is 111 cm³/mol. The zero-order valence-electron chi connectivity index (χ0n) is 20.2. The first-order valence-electron chi connectivity index (χ1n) is 11.3. The minimum absolute atomic E-state index is 0.00883. The summed E-state index contributed by atoms with van der Waals surface area (Å²) in [4.78, 5) is 65.7. The zero-order valence-corrected chi connectivity index (χ0v) is 20.2. The second-order valence-corrected chi connectivity index (χ2v) is 11.3. The fourth-order valence-electron chi connectivity index (χ4n) is 8.19. The van der Waals surface area contributed by atoms with Gasteiger partial charge in [0.2, 0.25) is 5.60 Å². The van der Waals surface area contributed by atoms with Crippen molar-refractivity contribution in [2.75, 3.05) is 7.11 Å². The molecule has 1 spiro atoms. The number of cyclic esters (lactones) is 1. The molecule has 7 atom stereocenters. The van der Waals surface area contributed by atoms with Gasteiger partial charge in [-0.05, 0) is 53.4 Å². The van der Waals surface area contributed by atoms with Gasteiger partial charge < -0.3 is 19.3 Å². The SMILES string of the molecule is COC(=O)[C@@]1(O)C(=O)[C@]2(C)C(CC[C@@]1(C)C(C)=O)[C@]1(C)OC(=O)C[C@]13C2CC(=O)OC3(C)C. The van der Waals surface area contributed by atoms with Crippen LogP contribution in [0.15, 0.2) is 0 Å². The maximum atomic E-state index is 14.4. The first-order chi connectivity index (χ1) is 15.0. The summed E-state index contributed by atoms with van der Waals surface area (Å²) in [6.45, 7) is 9.42. The Morgan fingerprint density at radius 1 is 1.00 bits per heavy atom. The third-order valence-corrected chi connectivity index (χ3v) is 9.96. The number of esters is 3. The van der Waals surface area contributed by atoms with Crippen molar-refractivity contribution in [2.24, 2.45) is 28.1 Å². The van der Waals surface area contributed by atoms with Crippen LogP contribution in [-0.2, 0) is 38.2 Å². The number of aliphatic hydroxyl groups is 1. The van der Waals surface area contributed by atoms with Gasteiger partial charge in [-0.25, -0.2) is 4.79 Å². The van der Waals surface area contributed by atoms with Gasteiger partial charge in [0, 0.05) is 11.3 Å². The molecule has 2 saturated heterocycles. The number of Topliss-reactive ketones (excluding diaryl/α,β-unsaturated/α-hetero) is 2. The average molecular weight is 465 g/mol. The zero-order chi connectivity index (χ0) is 25.0. The summed E-state index contributed by atoms with van der Waals surface area (Å²) in [7, 11) is 1.05. The number of carbonyl (C=O) groups excluding carboxylic acids is 5. The van der Waals surface area contributed by atoms with Crippen molar-refractivity contribution in [1.82, 2.24) is 0 Å². The molecule has 2 saturated carbocycles. The van der Waals surface area contributed by atoms with Crippen molar-refractivity contribution in [3.05, 3.63) is 0 Å². The van der Waals surface area contributed by atoms with E-state index in [1.807, 2.05) is 0 Å². The number of fused-ring (bicyclic) bond motifs is 3. The summed E-state index contributed by atoms with van der Waals surface area (Å²) >= 11 is 0. The first-order valence-corrected chi connectivity index (χ1v) is 11.3. The van der Waals surface area contributed by atoms with Crippen molar-refractivity contribution in [3.63, 3.8) is 0 Å². The van der Waals surface area contributed by atoms with E-state index in [9.17, 15) is 29.1 Å². The minimum atomic E-state index is -2.76. The van der Waals surface area contributed by atoms with Gasteiger partial charge in [0.1, 0.15) is 17.0 Å². The fraction of sp³-hybridized carbons (Fsp3) is 0.792. The molecule has 2 aliphatic heterocycles. The summed E-state index contributed by atoms with van der Waals surface area (Å²) in [5.41, 5.74) is -9.41. The molecule has 9 nitrogen and oxygen atoms in total. The van der Waals surface area contributed by atoms with Gasteiger partial charge in [0.05, 0.1) is 30.8 Å². The number of rotatable bonds is 2. The van der Waals surface area contributed by atoms with Crippen LogP contribution in [0, 0.1) is 28.1 Å². The molecule has 4 rings (SSSR count). The molecular weight excluding hydrogens is 432 g/mol. The Balaban J connectivity index is 2.05. The van der Waals surface area contributed by atoms with E-state index >= 15 is 0 Å². The molecule has 0 aromatic carbocycles. The fourth-order valence-corrected chi connectivity index (χ4v) is 8.19. The topological polar surface area (TPSA) is 133 Å². The lowest BCUT2D eigenvalue weighted by molar-refractivity contribution is -0.218. The molecule has 2 unspecified atom stereocenters. The highest BCUT2D eigenvalue weighted by Crippen LogP contribution is 2.77. The molecule has 4 aliphatic rings. The Morgan fingerprint density at radius 3 is 2.15 bits per heavy atom. The lowest BCUT2D eigenvalue weighted by Gasteiger charge is -2.54. The maximum Gasteiger partial charge on any atom is 0.346 e. The van der Waals surface area contributed by atoms with E-state index in [-0.39, 0.29) is 25.7 Å². The van der Waals surface area contributed by atoms with Crippen molar-refractivity contribution in [2.45, 2.75) is 84.0 Å². The molecule has 0 aromatic heterocycles. The van der Waals surface area contributed by atoms with Crippen LogP contribution in [0.2, 0.25) is 0 Å². The van der Waals surface area contributed by atoms with Crippen LogP contribution in [0.3, 0.4) is 0 Å². The van der Waals surface area contributed by atoms with Crippen LogP contribution >= 0.6 is 0 Å². The van der Waals surface area contributed by atoms with Crippen molar-refractivity contribution < 1.29 is 43.3 Å². The van der Waals surface area contributed by atoms with E-state index < -0.39 is 74.4 Å². The smallest absolute Gasteiger partial charge is 0.346 e. The number of ether oxygens (including phenoxy) is 3. The van der Waals surface area contributed by atoms with Gasteiger partial charge in [-0.1, -0.05) is 6.92 Å². The van der Waals surface area contributed by atoms with Crippen molar-refractivity contribution in [1.29, 1.82) is 0 Å². The van der Waals surface area contributed by atoms with E-state index in [0.717, 1.165) is 7.11 Å². The highest BCUT2D eigenvalue weighted by atomic mass is 16.6. The van der Waals surface area contributed by atoms with E-state index in [4.69, 9.17) is 14.2 Å². The van der Waals surface area contributed by atoms with Crippen LogP contribution in [0.25, 0.3) is 0 Å². The molecule has 1 N–H and O–H groups in total. The lowest BCUT2D eigenvalue weighted by Crippen LogP contribution is -2.66. The molecule has 2 aliphatic carbocycles. The monoisotopic (exact) mass is 464 g/mol. The number of ketones is 2. The van der Waals surface area contributed by atoms with E-state index in [1.54, 1.807) is 27.7 Å². The van der Waals surface area contributed by atoms with Gasteiger partial charge in [0.15, 0.2) is 5.78 Å². The highest BCUT2D eigenvalue weighted by molar-refractivity contribution is 6.15. The Kier molecular flexibility index (Phi) is 4.65. The molecule has 33 heavy (non-hydrogen) atoms. The summed E-state index contributed by atoms with van der Waals surface area (Å²) in [6, 6.07) is 0. The summed E-state index contributed by atoms with van der Waals surface area (Å²) < 4.78 is 16.5. The van der Waals surface area contributed by atoms with Crippen LogP contribution in [-0.4, -0.2) is 58.5 Å². The van der Waals surface area contributed by atoms with Crippen LogP contribution in [0.5, 0.6) is 0 Å². The second-order valence-electron chi connectivity index (χ2n) is 11.3. The number of hydrogen-bond acceptors (Lipinski definition) is 9. The van der Waals surface area contributed by atoms with Crippen LogP contribution in [0.4, 0.5) is 0 Å². The molecular formula is C24H32O9. The van der Waals surface area contributed by atoms with Gasteiger partial charge in [-0.15, -0.1) is 0 Å². The third-order valence-electron chi connectivity index (χ3n) is 9.96. The number of carbonyl (C=O) groups is 5. The quantitative estimate of drug-likeness (QED) is 0.367. The number of hydrogen-bond donors (Lipinski definition) is 1. The average Bonchev–Trinajstić information content (AvgIpc) is 3.03. The standard InChI is InChI=1S/C24H32O9/c1-12(25)20(4)9-8-13-21(5,17(28)24(20,30)18(29)31-7)14-10-15(26)32-19(2,3)23(14)11-16(27)33-22(13,23)6/h13-14,30H,8-11H2,1-7H3/t13?,14?,20-,21+,22-,23+,24-/m0/s1. The summed E-state index contributed by atoms with van der Waals surface area (Å²) in [5, 5.41) is 11.8. The summed E-state index contributed by atoms with van der Waals surface area (Å²) in [6.07, 6.45) is -0.0358. The molecule has 9 heteroatoms. The molecule has 0 bridgehead atoms. The van der Waals surface area contributed by atoms with Gasteiger partial charge >= 0.3 is 17.9 Å². The molecule has 0 amide bonds. The van der Waals surface area contributed by atoms with Gasteiger partial charge in [-0.3, -0.25) is 19.2 Å². The molecule has 2 heterocycles. The van der Waals surface area contributed by atoms with E-state index in [1.165, 1.54) is 13.8 Å². The van der Waals surface area contributed by atoms with Crippen LogP contribution in [0.1, 0.15) is 67.2 Å². The third kappa shape index (κ3) is 2.29. The number of methoxy groups -OCH3 is 1. The Labute approximate surface area is 192 Å². The van der Waals surface area contributed by atoms with E-state index in [0.29, 0.717) is 0 Å². The Hall–Kier alpha value is -2.29. The normalized spacial score (nSPS) is 48.1. The minimum Gasteiger partial charge on any atom is -0.467 e. The maximum absolute atomic E-state index is 14.4. The lowest BCUT2D eigenvalue weighted by atomic mass is 9.53. The first kappa shape index (κ1) is 23.9. The Bertz CT molecular complexity index is 1000. The molecule has 4 fully saturated rings. The predicted octanol–water partition coefficient (Wildman–Crippen LogP) is 1.52.